The Labute approximate surface area is 198 Å². The molecule has 0 atom stereocenters. The van der Waals surface area contributed by atoms with Gasteiger partial charge in [-0.05, 0) is 55.5 Å². The fourth-order valence-corrected chi connectivity index (χ4v) is 5.16. The lowest BCUT2D eigenvalue weighted by atomic mass is 10.1. The summed E-state index contributed by atoms with van der Waals surface area (Å²) >= 11 is 1.02. The Kier molecular flexibility index (Phi) is 8.10. The molecule has 0 radical (unpaired) electrons. The van der Waals surface area contributed by atoms with Crippen LogP contribution in [-0.2, 0) is 21.1 Å². The number of thioether (sulfide) groups is 1. The first-order valence-electron chi connectivity index (χ1n) is 10.6. The van der Waals surface area contributed by atoms with Crippen molar-refractivity contribution in [1.29, 1.82) is 0 Å². The summed E-state index contributed by atoms with van der Waals surface area (Å²) in [6, 6.07) is 12.3. The van der Waals surface area contributed by atoms with Crippen LogP contribution in [0.5, 0.6) is 0 Å². The number of para-hydroxylation sites is 1. The number of benzene rings is 2. The maximum atomic E-state index is 12.9. The molecule has 0 aliphatic heterocycles. The number of nitrogens with zero attached hydrogens (tertiary/aromatic N) is 1. The number of rotatable bonds is 9. The largest absolute Gasteiger partial charge is 0.325 e. The summed E-state index contributed by atoms with van der Waals surface area (Å²) in [5, 5.41) is 3.03. The van der Waals surface area contributed by atoms with Gasteiger partial charge in [-0.15, -0.1) is 0 Å². The van der Waals surface area contributed by atoms with Crippen LogP contribution in [0.25, 0.3) is 0 Å². The molecule has 1 heterocycles. The van der Waals surface area contributed by atoms with E-state index in [4.69, 9.17) is 0 Å². The van der Waals surface area contributed by atoms with Crippen molar-refractivity contribution in [2.75, 3.05) is 11.1 Å². The van der Waals surface area contributed by atoms with Crippen LogP contribution in [0.2, 0.25) is 0 Å². The summed E-state index contributed by atoms with van der Waals surface area (Å²) in [5.74, 6) is -0.234. The lowest BCUT2D eigenvalue weighted by Gasteiger charge is -2.11. The normalized spacial score (nSPS) is 11.4. The van der Waals surface area contributed by atoms with Gasteiger partial charge in [0.2, 0.25) is 15.7 Å². The maximum absolute atomic E-state index is 12.9. The molecular formula is C24H27N3O4S2. The molecule has 0 aliphatic rings. The zero-order valence-corrected chi connectivity index (χ0v) is 20.5. The van der Waals surface area contributed by atoms with E-state index in [1.54, 1.807) is 12.1 Å². The molecule has 3 aromatic rings. The molecule has 0 aliphatic carbocycles. The van der Waals surface area contributed by atoms with E-state index in [1.807, 2.05) is 32.0 Å². The van der Waals surface area contributed by atoms with Crippen LogP contribution in [0.1, 0.15) is 36.5 Å². The Bertz CT molecular complexity index is 1280. The molecule has 7 nitrogen and oxygen atoms in total. The fourth-order valence-electron chi connectivity index (χ4n) is 3.30. The lowest BCUT2D eigenvalue weighted by molar-refractivity contribution is -0.113. The molecule has 0 bridgehead atoms. The predicted molar refractivity (Wildman–Crippen MR) is 131 cm³/mol. The van der Waals surface area contributed by atoms with Gasteiger partial charge >= 0.3 is 0 Å². The van der Waals surface area contributed by atoms with Gasteiger partial charge < -0.3 is 10.3 Å². The number of carbonyl (C=O) groups is 1. The Morgan fingerprint density at radius 2 is 1.76 bits per heavy atom. The molecule has 2 N–H and O–H groups in total. The molecule has 0 saturated heterocycles. The van der Waals surface area contributed by atoms with Crippen molar-refractivity contribution in [1.82, 2.24) is 9.97 Å². The van der Waals surface area contributed by atoms with E-state index in [2.05, 4.69) is 22.2 Å². The van der Waals surface area contributed by atoms with E-state index in [0.29, 0.717) is 0 Å². The number of nitrogens with one attached hydrogen (secondary N) is 2. The molecule has 0 unspecified atom stereocenters. The second kappa shape index (κ2) is 10.8. The van der Waals surface area contributed by atoms with Crippen molar-refractivity contribution in [2.24, 2.45) is 0 Å². The van der Waals surface area contributed by atoms with Gasteiger partial charge in [0.25, 0.3) is 5.56 Å². The van der Waals surface area contributed by atoms with Crippen LogP contribution < -0.4 is 10.9 Å². The van der Waals surface area contributed by atoms with Gasteiger partial charge in [-0.3, -0.25) is 9.59 Å². The number of carbonyl (C=O) groups excluding carboxylic acids is 1. The number of aromatic nitrogens is 2. The van der Waals surface area contributed by atoms with E-state index >= 15 is 0 Å². The zero-order chi connectivity index (χ0) is 24.0. The summed E-state index contributed by atoms with van der Waals surface area (Å²) in [6.07, 6.45) is 4.00. The Balaban J connectivity index is 1.69. The fraction of sp³-hybridized carbons (Fsp3) is 0.292. The molecular weight excluding hydrogens is 458 g/mol. The molecule has 0 saturated carbocycles. The molecule has 0 spiro atoms. The molecule has 9 heteroatoms. The summed E-state index contributed by atoms with van der Waals surface area (Å²) in [4.78, 5) is 31.0. The number of hydrogen-bond donors (Lipinski definition) is 2. The zero-order valence-electron chi connectivity index (χ0n) is 18.8. The number of sulfone groups is 1. The summed E-state index contributed by atoms with van der Waals surface area (Å²) in [5.41, 5.74) is 2.94. The SMILES string of the molecule is CCCCc1ccc(S(=O)(=O)c2cnc(SCC(=O)Nc3c(C)cccc3C)[nH]c2=O)cc1. The number of aromatic amines is 1. The van der Waals surface area contributed by atoms with Crippen molar-refractivity contribution in [3.05, 3.63) is 75.7 Å². The second-order valence-electron chi connectivity index (χ2n) is 7.74. The average molecular weight is 486 g/mol. The van der Waals surface area contributed by atoms with E-state index in [-0.39, 0.29) is 21.7 Å². The Hall–Kier alpha value is -2.91. The van der Waals surface area contributed by atoms with Crippen LogP contribution >= 0.6 is 11.8 Å². The molecule has 1 amide bonds. The Morgan fingerprint density at radius 3 is 2.36 bits per heavy atom. The second-order valence-corrected chi connectivity index (χ2v) is 10.6. The van der Waals surface area contributed by atoms with Gasteiger partial charge in [-0.2, -0.15) is 0 Å². The first-order chi connectivity index (χ1) is 15.7. The quantitative estimate of drug-likeness (QED) is 0.346. The summed E-state index contributed by atoms with van der Waals surface area (Å²) in [7, 11) is -4.00. The minimum Gasteiger partial charge on any atom is -0.325 e. The van der Waals surface area contributed by atoms with Gasteiger partial charge in [0, 0.05) is 5.69 Å². The molecule has 33 heavy (non-hydrogen) atoms. The van der Waals surface area contributed by atoms with Crippen molar-refractivity contribution in [3.63, 3.8) is 0 Å². The first-order valence-corrected chi connectivity index (χ1v) is 13.1. The molecule has 2 aromatic carbocycles. The van der Waals surface area contributed by atoms with Crippen LogP contribution in [0.15, 0.2) is 68.4 Å². The first kappa shape index (κ1) is 24.7. The number of amides is 1. The standard InChI is InChI=1S/C24H27N3O4S2/c1-4-5-9-18-10-12-19(13-11-18)33(30,31)20-14-25-24(27-23(20)29)32-15-21(28)26-22-16(2)7-6-8-17(22)3/h6-8,10-14H,4-5,9,15H2,1-3H3,(H,26,28)(H,25,27,29). The number of H-pyrrole nitrogens is 1. The smallest absolute Gasteiger partial charge is 0.270 e. The third-order valence-corrected chi connectivity index (χ3v) is 7.82. The van der Waals surface area contributed by atoms with Gasteiger partial charge in [0.05, 0.1) is 16.8 Å². The van der Waals surface area contributed by atoms with Crippen LogP contribution in [0.4, 0.5) is 5.69 Å². The van der Waals surface area contributed by atoms with Crippen molar-refractivity contribution in [2.45, 2.75) is 55.0 Å². The van der Waals surface area contributed by atoms with Gasteiger partial charge in [0.15, 0.2) is 10.1 Å². The summed E-state index contributed by atoms with van der Waals surface area (Å²) < 4.78 is 25.8. The van der Waals surface area contributed by atoms with Crippen LogP contribution in [0.3, 0.4) is 0 Å². The minimum absolute atomic E-state index is 0.0159. The molecule has 174 valence electrons. The molecule has 0 fully saturated rings. The average Bonchev–Trinajstić information content (AvgIpc) is 2.79. The topological polar surface area (TPSA) is 109 Å². The highest BCUT2D eigenvalue weighted by molar-refractivity contribution is 7.99. The van der Waals surface area contributed by atoms with E-state index in [0.717, 1.165) is 59.6 Å². The molecule has 3 rings (SSSR count). The lowest BCUT2D eigenvalue weighted by Crippen LogP contribution is -2.20. The third kappa shape index (κ3) is 6.11. The van der Waals surface area contributed by atoms with E-state index in [1.165, 1.54) is 12.1 Å². The van der Waals surface area contributed by atoms with Crippen molar-refractivity contribution in [3.8, 4) is 0 Å². The van der Waals surface area contributed by atoms with Gasteiger partial charge in [-0.25, -0.2) is 13.4 Å². The van der Waals surface area contributed by atoms with Crippen LogP contribution in [-0.4, -0.2) is 30.0 Å². The van der Waals surface area contributed by atoms with Crippen molar-refractivity contribution < 1.29 is 13.2 Å². The maximum Gasteiger partial charge on any atom is 0.270 e. The monoisotopic (exact) mass is 485 g/mol. The van der Waals surface area contributed by atoms with Crippen molar-refractivity contribution >= 4 is 33.2 Å². The third-order valence-electron chi connectivity index (χ3n) is 5.17. The number of aryl methyl sites for hydroxylation is 3. The van der Waals surface area contributed by atoms with E-state index in [9.17, 15) is 18.0 Å². The predicted octanol–water partition coefficient (Wildman–Crippen LogP) is 4.29. The number of unbranched alkanes of at least 4 members (excludes halogenated alkanes) is 1. The van der Waals surface area contributed by atoms with E-state index < -0.39 is 20.3 Å². The number of anilines is 1. The van der Waals surface area contributed by atoms with Gasteiger partial charge in [-0.1, -0.05) is 55.4 Å². The molecule has 1 aromatic heterocycles. The van der Waals surface area contributed by atoms with Gasteiger partial charge in [0.1, 0.15) is 0 Å². The Morgan fingerprint density at radius 1 is 1.09 bits per heavy atom. The van der Waals surface area contributed by atoms with Crippen LogP contribution in [0, 0.1) is 13.8 Å². The highest BCUT2D eigenvalue weighted by atomic mass is 32.2. The highest BCUT2D eigenvalue weighted by Crippen LogP contribution is 2.22. The minimum atomic E-state index is -4.00. The summed E-state index contributed by atoms with van der Waals surface area (Å²) in [6.45, 7) is 5.91. The number of hydrogen-bond acceptors (Lipinski definition) is 6. The highest BCUT2D eigenvalue weighted by Gasteiger charge is 2.22.